The summed E-state index contributed by atoms with van der Waals surface area (Å²) in [7, 11) is 0. The summed E-state index contributed by atoms with van der Waals surface area (Å²) in [5, 5.41) is 1.29. The van der Waals surface area contributed by atoms with Crippen LogP contribution in [0.3, 0.4) is 0 Å². The third-order valence-corrected chi connectivity index (χ3v) is 5.85. The lowest BCUT2D eigenvalue weighted by Gasteiger charge is -2.24. The van der Waals surface area contributed by atoms with E-state index in [0.29, 0.717) is 6.42 Å². The number of aromatic nitrogens is 1. The molecule has 3 nitrogen and oxygen atoms in total. The normalized spacial score (nSPS) is 17.5. The van der Waals surface area contributed by atoms with Gasteiger partial charge in [0.05, 0.1) is 6.42 Å². The topological polar surface area (TPSA) is 36.1 Å². The highest BCUT2D eigenvalue weighted by atomic mass is 32.2. The third kappa shape index (κ3) is 2.82. The predicted molar refractivity (Wildman–Crippen MR) is 100 cm³/mol. The Labute approximate surface area is 146 Å². The fourth-order valence-corrected chi connectivity index (χ4v) is 4.55. The minimum atomic E-state index is 0.142. The molecule has 1 amide bonds. The van der Waals surface area contributed by atoms with Crippen LogP contribution in [-0.2, 0) is 11.2 Å². The van der Waals surface area contributed by atoms with Crippen molar-refractivity contribution in [3.63, 3.8) is 0 Å². The van der Waals surface area contributed by atoms with Gasteiger partial charge in [-0.3, -0.25) is 4.79 Å². The van der Waals surface area contributed by atoms with Crippen LogP contribution in [0.25, 0.3) is 10.9 Å². The van der Waals surface area contributed by atoms with Gasteiger partial charge in [-0.25, -0.2) is 0 Å². The van der Waals surface area contributed by atoms with Crippen molar-refractivity contribution in [3.05, 3.63) is 71.4 Å². The van der Waals surface area contributed by atoms with Crippen molar-refractivity contribution in [1.82, 2.24) is 9.88 Å². The first-order chi connectivity index (χ1) is 11.7. The molecule has 1 atom stereocenters. The smallest absolute Gasteiger partial charge is 0.228 e. The summed E-state index contributed by atoms with van der Waals surface area (Å²) in [5.41, 5.74) is 4.63. The maximum atomic E-state index is 12.9. The number of amides is 1. The monoisotopic (exact) mass is 336 g/mol. The molecule has 0 aliphatic carbocycles. The van der Waals surface area contributed by atoms with Crippen LogP contribution >= 0.6 is 11.8 Å². The number of carbonyl (C=O) groups excluding carboxylic acids is 1. The predicted octanol–water partition coefficient (Wildman–Crippen LogP) is 4.29. The molecular weight excluding hydrogens is 316 g/mol. The Morgan fingerprint density at radius 3 is 2.83 bits per heavy atom. The van der Waals surface area contributed by atoms with Gasteiger partial charge < -0.3 is 9.88 Å². The van der Waals surface area contributed by atoms with Gasteiger partial charge in [0.15, 0.2) is 0 Å². The molecule has 1 saturated heterocycles. The minimum Gasteiger partial charge on any atom is -0.361 e. The Kier molecular flexibility index (Phi) is 4.07. The molecule has 1 N–H and O–H groups in total. The molecule has 4 rings (SSSR count). The van der Waals surface area contributed by atoms with Crippen molar-refractivity contribution in [1.29, 1.82) is 0 Å². The quantitative estimate of drug-likeness (QED) is 0.774. The molecule has 0 radical (unpaired) electrons. The largest absolute Gasteiger partial charge is 0.361 e. The van der Waals surface area contributed by atoms with Crippen molar-refractivity contribution in [2.45, 2.75) is 18.7 Å². The molecule has 1 fully saturated rings. The van der Waals surface area contributed by atoms with Gasteiger partial charge in [0.1, 0.15) is 5.37 Å². The summed E-state index contributed by atoms with van der Waals surface area (Å²) in [4.78, 5) is 18.2. The number of para-hydroxylation sites is 1. The van der Waals surface area contributed by atoms with E-state index < -0.39 is 0 Å². The summed E-state index contributed by atoms with van der Waals surface area (Å²) in [5.74, 6) is 1.20. The highest BCUT2D eigenvalue weighted by Crippen LogP contribution is 2.38. The molecule has 4 heteroatoms. The first-order valence-electron chi connectivity index (χ1n) is 8.25. The van der Waals surface area contributed by atoms with Crippen molar-refractivity contribution in [3.8, 4) is 0 Å². The number of hydrogen-bond acceptors (Lipinski definition) is 2. The molecule has 0 saturated carbocycles. The van der Waals surface area contributed by atoms with E-state index in [1.807, 2.05) is 41.1 Å². The lowest BCUT2D eigenvalue weighted by atomic mass is 10.1. The summed E-state index contributed by atoms with van der Waals surface area (Å²) in [6.07, 6.45) is 2.42. The van der Waals surface area contributed by atoms with Crippen molar-refractivity contribution in [2.75, 3.05) is 12.3 Å². The number of aromatic amines is 1. The molecule has 0 bridgehead atoms. The lowest BCUT2D eigenvalue weighted by Crippen LogP contribution is -2.31. The molecule has 24 heavy (non-hydrogen) atoms. The second kappa shape index (κ2) is 6.36. The fourth-order valence-electron chi connectivity index (χ4n) is 3.27. The van der Waals surface area contributed by atoms with Crippen LogP contribution < -0.4 is 0 Å². The van der Waals surface area contributed by atoms with Crippen LogP contribution in [0, 0.1) is 6.92 Å². The van der Waals surface area contributed by atoms with E-state index in [2.05, 4.69) is 42.2 Å². The van der Waals surface area contributed by atoms with Crippen LogP contribution in [0.4, 0.5) is 0 Å². The Hall–Kier alpha value is -2.20. The average molecular weight is 336 g/mol. The summed E-state index contributed by atoms with van der Waals surface area (Å²) >= 11 is 1.85. The maximum absolute atomic E-state index is 12.9. The zero-order valence-corrected chi connectivity index (χ0v) is 14.5. The number of nitrogens with one attached hydrogen (secondary N) is 1. The number of nitrogens with zero attached hydrogens (tertiary/aromatic N) is 1. The molecule has 1 aromatic heterocycles. The molecule has 1 unspecified atom stereocenters. The molecule has 1 aliphatic heterocycles. The van der Waals surface area contributed by atoms with E-state index in [-0.39, 0.29) is 11.3 Å². The number of H-pyrrole nitrogens is 1. The molecule has 122 valence electrons. The second-order valence-electron chi connectivity index (χ2n) is 6.26. The molecule has 1 aliphatic rings. The Bertz CT molecular complexity index is 869. The van der Waals surface area contributed by atoms with E-state index in [1.54, 1.807) is 0 Å². The highest BCUT2D eigenvalue weighted by Gasteiger charge is 2.30. The van der Waals surface area contributed by atoms with Gasteiger partial charge in [-0.05, 0) is 24.1 Å². The number of benzene rings is 2. The molecular formula is C20H20N2OS. The number of carbonyl (C=O) groups is 1. The van der Waals surface area contributed by atoms with Gasteiger partial charge in [0, 0.05) is 29.4 Å². The van der Waals surface area contributed by atoms with Gasteiger partial charge >= 0.3 is 0 Å². The SMILES string of the molecule is Cc1ccc(C2SCCN2C(=O)Cc2c[nH]c3ccccc23)cc1. The zero-order valence-electron chi connectivity index (χ0n) is 13.7. The molecule has 0 spiro atoms. The number of aryl methyl sites for hydroxylation is 1. The van der Waals surface area contributed by atoms with Gasteiger partial charge in [0.2, 0.25) is 5.91 Å². The number of hydrogen-bond donors (Lipinski definition) is 1. The van der Waals surface area contributed by atoms with E-state index >= 15 is 0 Å². The average Bonchev–Trinajstić information content (AvgIpc) is 3.23. The van der Waals surface area contributed by atoms with Gasteiger partial charge in [-0.1, -0.05) is 48.0 Å². The van der Waals surface area contributed by atoms with Crippen molar-refractivity contribution < 1.29 is 4.79 Å². The number of rotatable bonds is 3. The van der Waals surface area contributed by atoms with Gasteiger partial charge in [-0.2, -0.15) is 0 Å². The van der Waals surface area contributed by atoms with E-state index in [0.717, 1.165) is 28.8 Å². The molecule has 3 aromatic rings. The highest BCUT2D eigenvalue weighted by molar-refractivity contribution is 7.99. The van der Waals surface area contributed by atoms with E-state index in [4.69, 9.17) is 0 Å². The lowest BCUT2D eigenvalue weighted by molar-refractivity contribution is -0.130. The standard InChI is InChI=1S/C20H20N2OS/c1-14-6-8-15(9-7-14)20-22(10-11-24-20)19(23)12-16-13-21-18-5-3-2-4-17(16)18/h2-9,13,20-21H,10-12H2,1H3. The van der Waals surface area contributed by atoms with Crippen molar-refractivity contribution >= 4 is 28.6 Å². The maximum Gasteiger partial charge on any atom is 0.228 e. The van der Waals surface area contributed by atoms with Crippen LogP contribution in [0.5, 0.6) is 0 Å². The molecule has 2 aromatic carbocycles. The second-order valence-corrected chi connectivity index (χ2v) is 7.45. The van der Waals surface area contributed by atoms with Crippen LogP contribution in [0.1, 0.15) is 22.1 Å². The Morgan fingerprint density at radius 1 is 1.21 bits per heavy atom. The first kappa shape index (κ1) is 15.3. The summed E-state index contributed by atoms with van der Waals surface area (Å²) in [6, 6.07) is 16.7. The Morgan fingerprint density at radius 2 is 2.00 bits per heavy atom. The third-order valence-electron chi connectivity index (χ3n) is 4.59. The minimum absolute atomic E-state index is 0.142. The zero-order chi connectivity index (χ0) is 16.5. The number of fused-ring (bicyclic) bond motifs is 1. The summed E-state index contributed by atoms with van der Waals surface area (Å²) in [6.45, 7) is 2.91. The van der Waals surface area contributed by atoms with Crippen molar-refractivity contribution in [2.24, 2.45) is 0 Å². The molecule has 2 heterocycles. The first-order valence-corrected chi connectivity index (χ1v) is 9.30. The fraction of sp³-hybridized carbons (Fsp3) is 0.250. The van der Waals surface area contributed by atoms with Gasteiger partial charge in [0.25, 0.3) is 0 Å². The van der Waals surface area contributed by atoms with E-state index in [1.165, 1.54) is 11.1 Å². The summed E-state index contributed by atoms with van der Waals surface area (Å²) < 4.78 is 0. The number of thioether (sulfide) groups is 1. The van der Waals surface area contributed by atoms with Crippen LogP contribution in [0.15, 0.2) is 54.7 Å². The van der Waals surface area contributed by atoms with Gasteiger partial charge in [-0.15, -0.1) is 11.8 Å². The Balaban J connectivity index is 1.56. The van der Waals surface area contributed by atoms with Crippen LogP contribution in [0.2, 0.25) is 0 Å². The van der Waals surface area contributed by atoms with Crippen LogP contribution in [-0.4, -0.2) is 28.1 Å². The van der Waals surface area contributed by atoms with E-state index in [9.17, 15) is 4.79 Å².